The van der Waals surface area contributed by atoms with Crippen molar-refractivity contribution in [3.63, 3.8) is 0 Å². The summed E-state index contributed by atoms with van der Waals surface area (Å²) in [4.78, 5) is 13.0. The molecule has 1 amide bonds. The molecule has 2 aliphatic rings. The van der Waals surface area contributed by atoms with Crippen LogP contribution in [0.2, 0.25) is 0 Å². The summed E-state index contributed by atoms with van der Waals surface area (Å²) in [5, 5.41) is 3.14. The normalized spacial score (nSPS) is 30.3. The molecule has 0 aliphatic carbocycles. The Labute approximate surface area is 92.0 Å². The largest absolute Gasteiger partial charge is 0.397 e. The number of rotatable bonds is 1. The molecule has 6 heteroatoms. The van der Waals surface area contributed by atoms with Crippen molar-refractivity contribution >= 4 is 5.91 Å². The molecule has 0 saturated carbocycles. The molecular weight excluding hydrogens is 221 g/mol. The Balaban J connectivity index is 2.00. The first kappa shape index (κ1) is 11.7. The average Bonchev–Trinajstić information content (AvgIpc) is 2.61. The third-order valence-electron chi connectivity index (χ3n) is 3.35. The maximum Gasteiger partial charge on any atom is 0.397 e. The van der Waals surface area contributed by atoms with Crippen LogP contribution >= 0.6 is 0 Å². The van der Waals surface area contributed by atoms with Crippen molar-refractivity contribution in [3.05, 3.63) is 0 Å². The van der Waals surface area contributed by atoms with Crippen molar-refractivity contribution in [2.45, 2.75) is 31.5 Å². The van der Waals surface area contributed by atoms with E-state index in [1.165, 1.54) is 4.90 Å². The van der Waals surface area contributed by atoms with E-state index < -0.39 is 18.5 Å². The van der Waals surface area contributed by atoms with Crippen LogP contribution in [0.15, 0.2) is 0 Å². The minimum absolute atomic E-state index is 0.0244. The lowest BCUT2D eigenvalue weighted by molar-refractivity contribution is -0.164. The summed E-state index contributed by atoms with van der Waals surface area (Å²) in [7, 11) is 0. The minimum Gasteiger partial charge on any atom is -0.338 e. The van der Waals surface area contributed by atoms with Crippen LogP contribution < -0.4 is 5.32 Å². The number of amides is 1. The van der Waals surface area contributed by atoms with Crippen molar-refractivity contribution in [1.82, 2.24) is 10.2 Å². The number of hydrogen-bond donors (Lipinski definition) is 1. The Morgan fingerprint density at radius 3 is 2.81 bits per heavy atom. The highest BCUT2D eigenvalue weighted by atomic mass is 19.4. The van der Waals surface area contributed by atoms with E-state index in [0.29, 0.717) is 19.0 Å². The third kappa shape index (κ3) is 2.48. The second kappa shape index (κ2) is 4.24. The number of alkyl halides is 3. The van der Waals surface area contributed by atoms with Crippen molar-refractivity contribution in [1.29, 1.82) is 0 Å². The Morgan fingerprint density at radius 2 is 2.12 bits per heavy atom. The fraction of sp³-hybridized carbons (Fsp3) is 0.900. The Bertz CT molecular complexity index is 280. The van der Waals surface area contributed by atoms with Crippen LogP contribution in [-0.2, 0) is 4.79 Å². The van der Waals surface area contributed by atoms with Crippen LogP contribution in [0.3, 0.4) is 0 Å². The number of piperidine rings is 1. The van der Waals surface area contributed by atoms with Crippen LogP contribution in [0.25, 0.3) is 0 Å². The van der Waals surface area contributed by atoms with Crippen LogP contribution in [0.1, 0.15) is 19.3 Å². The van der Waals surface area contributed by atoms with E-state index in [1.807, 2.05) is 0 Å². The van der Waals surface area contributed by atoms with Gasteiger partial charge in [-0.2, -0.15) is 13.2 Å². The zero-order chi connectivity index (χ0) is 11.8. The first-order chi connectivity index (χ1) is 7.47. The Morgan fingerprint density at radius 1 is 1.38 bits per heavy atom. The molecule has 2 atom stereocenters. The molecule has 0 bridgehead atoms. The van der Waals surface area contributed by atoms with Gasteiger partial charge in [0.2, 0.25) is 5.91 Å². The van der Waals surface area contributed by atoms with Gasteiger partial charge in [0.15, 0.2) is 0 Å². The lowest BCUT2D eigenvalue weighted by Gasteiger charge is -2.37. The number of likely N-dealkylation sites (tertiary alicyclic amines) is 1. The molecule has 0 aromatic carbocycles. The van der Waals surface area contributed by atoms with Crippen LogP contribution in [0.5, 0.6) is 0 Å². The molecule has 2 aliphatic heterocycles. The molecule has 2 rings (SSSR count). The van der Waals surface area contributed by atoms with Gasteiger partial charge in [-0.15, -0.1) is 0 Å². The van der Waals surface area contributed by atoms with E-state index in [-0.39, 0.29) is 6.04 Å². The maximum absolute atomic E-state index is 12.1. The number of nitrogens with one attached hydrogen (secondary N) is 1. The summed E-state index contributed by atoms with van der Waals surface area (Å²) in [6, 6.07) is -0.0244. The van der Waals surface area contributed by atoms with E-state index >= 15 is 0 Å². The number of hydrogen-bond acceptors (Lipinski definition) is 2. The Kier molecular flexibility index (Phi) is 3.10. The van der Waals surface area contributed by atoms with E-state index in [2.05, 4.69) is 5.32 Å². The lowest BCUT2D eigenvalue weighted by Crippen LogP contribution is -2.49. The number of nitrogens with zero attached hydrogens (tertiary/aromatic N) is 1. The molecule has 1 N–H and O–H groups in total. The van der Waals surface area contributed by atoms with Crippen molar-refractivity contribution < 1.29 is 18.0 Å². The van der Waals surface area contributed by atoms with Gasteiger partial charge in [-0.05, 0) is 18.8 Å². The second-order valence-corrected chi connectivity index (χ2v) is 4.51. The van der Waals surface area contributed by atoms with E-state index in [1.54, 1.807) is 0 Å². The van der Waals surface area contributed by atoms with Gasteiger partial charge in [-0.3, -0.25) is 4.79 Å². The van der Waals surface area contributed by atoms with Crippen LogP contribution in [-0.4, -0.2) is 42.7 Å². The summed E-state index contributed by atoms with van der Waals surface area (Å²) in [6.45, 7) is 1.92. The predicted molar refractivity (Wildman–Crippen MR) is 51.8 cm³/mol. The molecule has 0 aromatic rings. The Hall–Kier alpha value is -0.780. The lowest BCUT2D eigenvalue weighted by atomic mass is 9.92. The summed E-state index contributed by atoms with van der Waals surface area (Å²) in [6.07, 6.45) is -3.90. The SMILES string of the molecule is O=C(CC(F)(F)F)N1CCCC2CNCC21. The van der Waals surface area contributed by atoms with Gasteiger partial charge in [0.1, 0.15) is 6.42 Å². The van der Waals surface area contributed by atoms with Gasteiger partial charge >= 0.3 is 6.18 Å². The molecule has 2 fully saturated rings. The van der Waals surface area contributed by atoms with Crippen LogP contribution in [0.4, 0.5) is 13.2 Å². The minimum atomic E-state index is -4.39. The van der Waals surface area contributed by atoms with Gasteiger partial charge in [0.25, 0.3) is 0 Å². The quantitative estimate of drug-likeness (QED) is 0.740. The zero-order valence-corrected chi connectivity index (χ0v) is 8.89. The van der Waals surface area contributed by atoms with Gasteiger partial charge in [-0.1, -0.05) is 0 Å². The standard InChI is InChI=1S/C10H15F3N2O/c11-10(12,13)4-9(16)15-3-1-2-7-5-14-6-8(7)15/h7-8,14H,1-6H2. The zero-order valence-electron chi connectivity index (χ0n) is 8.89. The fourth-order valence-corrected chi connectivity index (χ4v) is 2.65. The molecular formula is C10H15F3N2O. The molecule has 0 spiro atoms. The maximum atomic E-state index is 12.1. The van der Waals surface area contributed by atoms with Gasteiger partial charge in [0, 0.05) is 25.7 Å². The predicted octanol–water partition coefficient (Wildman–Crippen LogP) is 1.15. The summed E-state index contributed by atoms with van der Waals surface area (Å²) in [5.41, 5.74) is 0. The first-order valence-electron chi connectivity index (χ1n) is 5.54. The van der Waals surface area contributed by atoms with E-state index in [4.69, 9.17) is 0 Å². The monoisotopic (exact) mass is 236 g/mol. The molecule has 2 saturated heterocycles. The summed E-state index contributed by atoms with van der Waals surface area (Å²) >= 11 is 0. The van der Waals surface area contributed by atoms with Gasteiger partial charge in [-0.25, -0.2) is 0 Å². The second-order valence-electron chi connectivity index (χ2n) is 4.51. The van der Waals surface area contributed by atoms with Crippen LogP contribution in [0, 0.1) is 5.92 Å². The number of carbonyl (C=O) groups excluding carboxylic acids is 1. The highest BCUT2D eigenvalue weighted by Gasteiger charge is 2.41. The smallest absolute Gasteiger partial charge is 0.338 e. The van der Waals surface area contributed by atoms with E-state index in [9.17, 15) is 18.0 Å². The summed E-state index contributed by atoms with van der Waals surface area (Å²) < 4.78 is 36.4. The highest BCUT2D eigenvalue weighted by Crippen LogP contribution is 2.29. The van der Waals surface area contributed by atoms with Crippen molar-refractivity contribution in [2.75, 3.05) is 19.6 Å². The molecule has 2 heterocycles. The fourth-order valence-electron chi connectivity index (χ4n) is 2.65. The summed E-state index contributed by atoms with van der Waals surface area (Å²) in [5.74, 6) is -0.433. The molecule has 3 nitrogen and oxygen atoms in total. The topological polar surface area (TPSA) is 32.3 Å². The van der Waals surface area contributed by atoms with E-state index in [0.717, 1.165) is 19.4 Å². The van der Waals surface area contributed by atoms with Gasteiger partial charge in [0.05, 0.1) is 0 Å². The average molecular weight is 236 g/mol. The third-order valence-corrected chi connectivity index (χ3v) is 3.35. The number of halogens is 3. The number of carbonyl (C=O) groups is 1. The molecule has 92 valence electrons. The molecule has 0 aromatic heterocycles. The molecule has 2 unspecified atom stereocenters. The highest BCUT2D eigenvalue weighted by molar-refractivity contribution is 5.77. The van der Waals surface area contributed by atoms with Crippen molar-refractivity contribution in [3.8, 4) is 0 Å². The van der Waals surface area contributed by atoms with Gasteiger partial charge < -0.3 is 10.2 Å². The first-order valence-corrected chi connectivity index (χ1v) is 5.54. The number of fused-ring (bicyclic) bond motifs is 1. The molecule has 0 radical (unpaired) electrons. The van der Waals surface area contributed by atoms with Crippen molar-refractivity contribution in [2.24, 2.45) is 5.92 Å². The molecule has 16 heavy (non-hydrogen) atoms.